The number of rotatable bonds is 8. The molecule has 0 bridgehead atoms. The quantitative estimate of drug-likeness (QED) is 0.624. The van der Waals surface area contributed by atoms with Crippen molar-refractivity contribution in [1.29, 1.82) is 0 Å². The topological polar surface area (TPSA) is 32.3 Å². The summed E-state index contributed by atoms with van der Waals surface area (Å²) in [7, 11) is 0. The molecule has 0 aromatic rings. The molecule has 0 saturated carbocycles. The molecule has 0 aliphatic rings. The molecule has 0 aromatic heterocycles. The van der Waals surface area contributed by atoms with Crippen molar-refractivity contribution in [3.8, 4) is 0 Å². The molecule has 3 atom stereocenters. The Balaban J connectivity index is 4.10. The second-order valence-corrected chi connectivity index (χ2v) is 4.99. The highest BCUT2D eigenvalue weighted by Crippen LogP contribution is 2.14. The van der Waals surface area contributed by atoms with Gasteiger partial charge in [-0.25, -0.2) is 0 Å². The van der Waals surface area contributed by atoms with Gasteiger partial charge in [-0.2, -0.15) is 0 Å². The number of hydrogen-bond acceptors (Lipinski definition) is 2. The van der Waals surface area contributed by atoms with Crippen molar-refractivity contribution in [3.05, 3.63) is 12.2 Å². The van der Waals surface area contributed by atoms with Crippen LogP contribution in [0.25, 0.3) is 0 Å². The first-order valence-corrected chi connectivity index (χ1v) is 6.56. The third-order valence-corrected chi connectivity index (χ3v) is 3.38. The first-order chi connectivity index (χ1) is 7.49. The molecule has 0 aliphatic heterocycles. The van der Waals surface area contributed by atoms with E-state index in [1.807, 2.05) is 6.92 Å². The lowest BCUT2D eigenvalue weighted by Gasteiger charge is -2.29. The molecule has 3 unspecified atom stereocenters. The monoisotopic (exact) mass is 227 g/mol. The predicted molar refractivity (Wildman–Crippen MR) is 71.6 cm³/mol. The largest absolute Gasteiger partial charge is 0.392 e. The lowest BCUT2D eigenvalue weighted by atomic mass is 9.95. The van der Waals surface area contributed by atoms with Gasteiger partial charge in [0.1, 0.15) is 0 Å². The average Bonchev–Trinajstić information content (AvgIpc) is 2.26. The predicted octanol–water partition coefficient (Wildman–Crippen LogP) is 3.12. The van der Waals surface area contributed by atoms with Crippen LogP contribution in [0.4, 0.5) is 0 Å². The Morgan fingerprint density at radius 3 is 2.44 bits per heavy atom. The molecule has 0 heterocycles. The van der Waals surface area contributed by atoms with E-state index in [0.29, 0.717) is 12.5 Å². The lowest BCUT2D eigenvalue weighted by Crippen LogP contribution is -2.45. The molecular formula is C14H29NO. The molecule has 2 nitrogen and oxygen atoms in total. The number of nitrogens with one attached hydrogen (secondary N) is 1. The van der Waals surface area contributed by atoms with E-state index in [2.05, 4.69) is 45.2 Å². The number of hydrogen-bond donors (Lipinski definition) is 2. The zero-order chi connectivity index (χ0) is 12.6. The van der Waals surface area contributed by atoms with Crippen LogP contribution in [0.15, 0.2) is 12.2 Å². The van der Waals surface area contributed by atoms with Gasteiger partial charge in [-0.05, 0) is 32.6 Å². The Bertz CT molecular complexity index is 203. The van der Waals surface area contributed by atoms with Gasteiger partial charge in [-0.1, -0.05) is 39.3 Å². The summed E-state index contributed by atoms with van der Waals surface area (Å²) in [6, 6.07) is 0. The van der Waals surface area contributed by atoms with Crippen LogP contribution >= 0.6 is 0 Å². The first-order valence-electron chi connectivity index (χ1n) is 6.56. The zero-order valence-corrected chi connectivity index (χ0v) is 11.6. The van der Waals surface area contributed by atoms with Gasteiger partial charge in [-0.15, -0.1) is 0 Å². The van der Waals surface area contributed by atoms with E-state index in [0.717, 1.165) is 19.3 Å². The van der Waals surface area contributed by atoms with Crippen LogP contribution < -0.4 is 5.32 Å². The lowest BCUT2D eigenvalue weighted by molar-refractivity contribution is 0.103. The van der Waals surface area contributed by atoms with Crippen molar-refractivity contribution in [3.63, 3.8) is 0 Å². The Hall–Kier alpha value is -0.340. The standard InChI is InChI=1S/C14H29NO/c1-6-9-12(4)13(16)11-15-14(5,8-3)10-7-2/h7,10,12-13,15-16H,6,8-9,11H2,1-5H3. The molecule has 16 heavy (non-hydrogen) atoms. The van der Waals surface area contributed by atoms with Crippen molar-refractivity contribution in [2.75, 3.05) is 6.54 Å². The summed E-state index contributed by atoms with van der Waals surface area (Å²) in [6.07, 6.45) is 7.26. The van der Waals surface area contributed by atoms with Crippen molar-refractivity contribution >= 4 is 0 Å². The molecule has 96 valence electrons. The van der Waals surface area contributed by atoms with E-state index in [-0.39, 0.29) is 11.6 Å². The maximum atomic E-state index is 9.99. The van der Waals surface area contributed by atoms with Crippen LogP contribution in [0.2, 0.25) is 0 Å². The highest BCUT2D eigenvalue weighted by molar-refractivity contribution is 5.02. The number of aliphatic hydroxyl groups excluding tert-OH is 1. The Kier molecular flexibility index (Phi) is 7.69. The molecular weight excluding hydrogens is 198 g/mol. The molecule has 0 aromatic carbocycles. The minimum absolute atomic E-state index is 0.0155. The molecule has 0 radical (unpaired) electrons. The molecule has 0 fully saturated rings. The highest BCUT2D eigenvalue weighted by atomic mass is 16.3. The fourth-order valence-corrected chi connectivity index (χ4v) is 1.86. The van der Waals surface area contributed by atoms with Crippen LogP contribution in [0, 0.1) is 5.92 Å². The minimum atomic E-state index is -0.240. The van der Waals surface area contributed by atoms with Crippen LogP contribution in [0.1, 0.15) is 53.9 Å². The highest BCUT2D eigenvalue weighted by Gasteiger charge is 2.20. The van der Waals surface area contributed by atoms with Crippen molar-refractivity contribution in [1.82, 2.24) is 5.32 Å². The SMILES string of the molecule is CC=CC(C)(CC)NCC(O)C(C)CCC. The Morgan fingerprint density at radius 1 is 1.38 bits per heavy atom. The van der Waals surface area contributed by atoms with E-state index in [4.69, 9.17) is 0 Å². The van der Waals surface area contributed by atoms with Crippen molar-refractivity contribution in [2.45, 2.75) is 65.5 Å². The van der Waals surface area contributed by atoms with Crippen LogP contribution in [-0.4, -0.2) is 23.3 Å². The molecule has 0 amide bonds. The van der Waals surface area contributed by atoms with Gasteiger partial charge in [-0.3, -0.25) is 0 Å². The van der Waals surface area contributed by atoms with E-state index in [9.17, 15) is 5.11 Å². The maximum absolute atomic E-state index is 9.99. The van der Waals surface area contributed by atoms with Gasteiger partial charge < -0.3 is 10.4 Å². The zero-order valence-electron chi connectivity index (χ0n) is 11.6. The van der Waals surface area contributed by atoms with Gasteiger partial charge in [0.15, 0.2) is 0 Å². The van der Waals surface area contributed by atoms with Crippen LogP contribution in [-0.2, 0) is 0 Å². The smallest absolute Gasteiger partial charge is 0.0690 e. The summed E-state index contributed by atoms with van der Waals surface area (Å²) in [5, 5.41) is 13.4. The van der Waals surface area contributed by atoms with Gasteiger partial charge in [0.25, 0.3) is 0 Å². The molecule has 0 rings (SSSR count). The second kappa shape index (κ2) is 7.86. The Labute approximate surface area is 101 Å². The third-order valence-electron chi connectivity index (χ3n) is 3.38. The van der Waals surface area contributed by atoms with Gasteiger partial charge in [0.05, 0.1) is 6.10 Å². The fraction of sp³-hybridized carbons (Fsp3) is 0.857. The van der Waals surface area contributed by atoms with Crippen molar-refractivity contribution < 1.29 is 5.11 Å². The summed E-state index contributed by atoms with van der Waals surface area (Å²) < 4.78 is 0. The minimum Gasteiger partial charge on any atom is -0.392 e. The van der Waals surface area contributed by atoms with E-state index in [1.54, 1.807) is 0 Å². The summed E-state index contributed by atoms with van der Waals surface area (Å²) in [5.41, 5.74) is 0.0155. The molecule has 0 aliphatic carbocycles. The molecule has 2 N–H and O–H groups in total. The van der Waals surface area contributed by atoms with Crippen molar-refractivity contribution in [2.24, 2.45) is 5.92 Å². The number of aliphatic hydroxyl groups is 1. The molecule has 2 heteroatoms. The first kappa shape index (κ1) is 15.7. The van der Waals surface area contributed by atoms with Crippen LogP contribution in [0.5, 0.6) is 0 Å². The summed E-state index contributed by atoms with van der Waals surface area (Å²) >= 11 is 0. The van der Waals surface area contributed by atoms with Gasteiger partial charge >= 0.3 is 0 Å². The number of allylic oxidation sites excluding steroid dienone is 1. The van der Waals surface area contributed by atoms with Gasteiger partial charge in [0.2, 0.25) is 0 Å². The Morgan fingerprint density at radius 2 is 2.00 bits per heavy atom. The van der Waals surface area contributed by atoms with Crippen LogP contribution in [0.3, 0.4) is 0 Å². The molecule has 0 saturated heterocycles. The molecule has 0 spiro atoms. The summed E-state index contributed by atoms with van der Waals surface area (Å²) in [4.78, 5) is 0. The normalized spacial score (nSPS) is 19.6. The van der Waals surface area contributed by atoms with E-state index in [1.165, 1.54) is 0 Å². The van der Waals surface area contributed by atoms with E-state index < -0.39 is 0 Å². The summed E-state index contributed by atoms with van der Waals surface area (Å²) in [6.45, 7) is 11.3. The third kappa shape index (κ3) is 5.66. The fourth-order valence-electron chi connectivity index (χ4n) is 1.86. The number of β-amino-alcohol motifs (C(OH)–C–C–N with tert-alkyl or cyclic N) is 1. The van der Waals surface area contributed by atoms with Gasteiger partial charge in [0, 0.05) is 12.1 Å². The second-order valence-electron chi connectivity index (χ2n) is 4.99. The maximum Gasteiger partial charge on any atom is 0.0690 e. The average molecular weight is 227 g/mol. The van der Waals surface area contributed by atoms with E-state index >= 15 is 0 Å². The summed E-state index contributed by atoms with van der Waals surface area (Å²) in [5.74, 6) is 0.379.